The first-order chi connectivity index (χ1) is 10.4. The summed E-state index contributed by atoms with van der Waals surface area (Å²) in [5.41, 5.74) is -0.248. The average molecular weight is 328 g/mol. The Morgan fingerprint density at radius 2 is 1.78 bits per heavy atom. The second-order valence-corrected chi connectivity index (χ2v) is 9.51. The molecule has 0 amide bonds. The van der Waals surface area contributed by atoms with Crippen molar-refractivity contribution in [2.24, 2.45) is 10.8 Å². The van der Waals surface area contributed by atoms with E-state index in [2.05, 4.69) is 34.6 Å². The molecular formula is C19H36O4. The van der Waals surface area contributed by atoms with Crippen molar-refractivity contribution >= 4 is 5.97 Å². The normalized spacial score (nSPS) is 27.7. The molecule has 1 saturated carbocycles. The van der Waals surface area contributed by atoms with Crippen LogP contribution in [0, 0.1) is 10.8 Å². The lowest BCUT2D eigenvalue weighted by atomic mass is 9.69. The summed E-state index contributed by atoms with van der Waals surface area (Å²) in [6.07, 6.45) is 6.21. The first kappa shape index (κ1) is 20.4. The van der Waals surface area contributed by atoms with Crippen LogP contribution in [0.3, 0.4) is 0 Å². The van der Waals surface area contributed by atoms with Crippen molar-refractivity contribution in [2.75, 3.05) is 0 Å². The highest BCUT2D eigenvalue weighted by atomic mass is 17.2. The van der Waals surface area contributed by atoms with Gasteiger partial charge in [-0.2, -0.15) is 4.89 Å². The average Bonchev–Trinajstić information content (AvgIpc) is 2.31. The third-order valence-corrected chi connectivity index (χ3v) is 4.45. The molecule has 0 bridgehead atoms. The maximum Gasteiger partial charge on any atom is 0.342 e. The van der Waals surface area contributed by atoms with Crippen molar-refractivity contribution in [2.45, 2.75) is 105 Å². The predicted molar refractivity (Wildman–Crippen MR) is 91.8 cm³/mol. The lowest BCUT2D eigenvalue weighted by Gasteiger charge is -2.43. The Bertz CT molecular complexity index is 383. The van der Waals surface area contributed by atoms with Gasteiger partial charge in [-0.05, 0) is 43.4 Å². The molecule has 0 spiro atoms. The fraction of sp³-hybridized carbons (Fsp3) is 0.947. The fourth-order valence-electron chi connectivity index (χ4n) is 3.72. The van der Waals surface area contributed by atoms with E-state index in [1.54, 1.807) is 0 Å². The maximum atomic E-state index is 11.8. The van der Waals surface area contributed by atoms with E-state index in [9.17, 15) is 9.90 Å². The number of hydrogen-bond acceptors (Lipinski definition) is 4. The summed E-state index contributed by atoms with van der Waals surface area (Å²) in [6.45, 7) is 12.8. The summed E-state index contributed by atoms with van der Waals surface area (Å²) >= 11 is 0. The molecule has 1 N–H and O–H groups in total. The van der Waals surface area contributed by atoms with Gasteiger partial charge in [-0.3, -0.25) is 4.89 Å². The van der Waals surface area contributed by atoms with Crippen LogP contribution < -0.4 is 0 Å². The summed E-state index contributed by atoms with van der Waals surface area (Å²) in [5.74, 6) is -0.306. The first-order valence-electron chi connectivity index (χ1n) is 8.98. The number of unbranched alkanes of at least 4 members (excludes halogenated alkanes) is 2. The minimum Gasteiger partial charge on any atom is -0.393 e. The highest BCUT2D eigenvalue weighted by Gasteiger charge is 2.43. The predicted octanol–water partition coefficient (Wildman–Crippen LogP) is 4.79. The summed E-state index contributed by atoms with van der Waals surface area (Å²) in [6, 6.07) is 0. The zero-order chi connectivity index (χ0) is 17.7. The van der Waals surface area contributed by atoms with E-state index in [-0.39, 0.29) is 11.4 Å². The number of aliphatic hydroxyl groups is 1. The Balaban J connectivity index is 2.25. The third-order valence-electron chi connectivity index (χ3n) is 4.45. The zero-order valence-electron chi connectivity index (χ0n) is 15.9. The molecular weight excluding hydrogens is 292 g/mol. The third kappa shape index (κ3) is 8.71. The molecule has 4 nitrogen and oxygen atoms in total. The van der Waals surface area contributed by atoms with Crippen LogP contribution in [0.5, 0.6) is 0 Å². The fourth-order valence-corrected chi connectivity index (χ4v) is 3.72. The van der Waals surface area contributed by atoms with Crippen molar-refractivity contribution in [3.63, 3.8) is 0 Å². The second-order valence-electron chi connectivity index (χ2n) is 9.51. The number of hydrogen-bond donors (Lipinski definition) is 1. The van der Waals surface area contributed by atoms with Crippen LogP contribution in [-0.2, 0) is 14.6 Å². The Labute approximate surface area is 141 Å². The van der Waals surface area contributed by atoms with Crippen molar-refractivity contribution in [1.29, 1.82) is 0 Å². The molecule has 2 atom stereocenters. The summed E-state index contributed by atoms with van der Waals surface area (Å²) < 4.78 is 0. The number of carbonyl (C=O) groups excluding carboxylic acids is 1. The van der Waals surface area contributed by atoms with E-state index < -0.39 is 11.7 Å². The maximum absolute atomic E-state index is 11.8. The van der Waals surface area contributed by atoms with Gasteiger partial charge in [-0.1, -0.05) is 47.5 Å². The molecule has 1 aliphatic rings. The minimum atomic E-state index is -0.594. The lowest BCUT2D eigenvalue weighted by molar-refractivity contribution is -0.345. The van der Waals surface area contributed by atoms with Gasteiger partial charge in [-0.25, -0.2) is 4.79 Å². The summed E-state index contributed by atoms with van der Waals surface area (Å²) in [5, 5.41) is 9.99. The molecule has 4 heteroatoms. The van der Waals surface area contributed by atoms with Crippen molar-refractivity contribution < 1.29 is 19.7 Å². The van der Waals surface area contributed by atoms with Crippen LogP contribution in [0.25, 0.3) is 0 Å². The topological polar surface area (TPSA) is 55.8 Å². The molecule has 0 aliphatic heterocycles. The lowest BCUT2D eigenvalue weighted by Crippen LogP contribution is -2.45. The van der Waals surface area contributed by atoms with E-state index in [0.29, 0.717) is 18.3 Å². The minimum absolute atomic E-state index is 0.00815. The van der Waals surface area contributed by atoms with Crippen LogP contribution in [-0.4, -0.2) is 22.8 Å². The van der Waals surface area contributed by atoms with Crippen LogP contribution in [0.2, 0.25) is 0 Å². The number of rotatable bonds is 7. The molecule has 0 aromatic heterocycles. The first-order valence-corrected chi connectivity index (χ1v) is 8.98. The van der Waals surface area contributed by atoms with Gasteiger partial charge in [0.15, 0.2) is 0 Å². The highest BCUT2D eigenvalue weighted by Crippen LogP contribution is 2.43. The molecule has 1 fully saturated rings. The molecule has 1 rings (SSSR count). The molecule has 0 aromatic rings. The Hall–Kier alpha value is -0.610. The highest BCUT2D eigenvalue weighted by molar-refractivity contribution is 5.68. The van der Waals surface area contributed by atoms with Gasteiger partial charge in [0, 0.05) is 12.8 Å². The molecule has 136 valence electrons. The van der Waals surface area contributed by atoms with E-state index in [1.165, 1.54) is 6.42 Å². The van der Waals surface area contributed by atoms with Crippen LogP contribution in [0.1, 0.15) is 92.9 Å². The van der Waals surface area contributed by atoms with Crippen LogP contribution >= 0.6 is 0 Å². The summed E-state index contributed by atoms with van der Waals surface area (Å²) in [4.78, 5) is 22.3. The Kier molecular flexibility index (Phi) is 7.09. The molecule has 0 heterocycles. The molecule has 0 radical (unpaired) electrons. The second kappa shape index (κ2) is 7.98. The van der Waals surface area contributed by atoms with E-state index in [1.807, 2.05) is 6.92 Å². The van der Waals surface area contributed by atoms with Gasteiger partial charge >= 0.3 is 5.97 Å². The quantitative estimate of drug-likeness (QED) is 0.415. The van der Waals surface area contributed by atoms with Crippen molar-refractivity contribution in [3.8, 4) is 0 Å². The Morgan fingerprint density at radius 1 is 1.13 bits per heavy atom. The van der Waals surface area contributed by atoms with Gasteiger partial charge in [0.2, 0.25) is 0 Å². The van der Waals surface area contributed by atoms with Crippen LogP contribution in [0.4, 0.5) is 0 Å². The molecule has 1 aliphatic carbocycles. The van der Waals surface area contributed by atoms with Gasteiger partial charge in [0.1, 0.15) is 5.60 Å². The number of carbonyl (C=O) groups is 1. The molecule has 0 aromatic carbocycles. The standard InChI is InChI=1S/C19H36O4/c1-17(2,3)11-9-7-8-10-16(21)22-23-19(6)13-15(20)12-18(4,5)14-19/h15,20H,7-14H2,1-6H3. The van der Waals surface area contributed by atoms with Gasteiger partial charge < -0.3 is 5.11 Å². The number of aliphatic hydroxyl groups excluding tert-OH is 1. The molecule has 0 saturated heterocycles. The van der Waals surface area contributed by atoms with E-state index in [4.69, 9.17) is 9.78 Å². The monoisotopic (exact) mass is 328 g/mol. The molecule has 23 heavy (non-hydrogen) atoms. The summed E-state index contributed by atoms with van der Waals surface area (Å²) in [7, 11) is 0. The van der Waals surface area contributed by atoms with Gasteiger partial charge in [-0.15, -0.1) is 0 Å². The molecule has 2 unspecified atom stereocenters. The SMILES string of the molecule is CC(C)(C)CCCCCC(=O)OOC1(C)CC(O)CC(C)(C)C1. The van der Waals surface area contributed by atoms with Crippen molar-refractivity contribution in [1.82, 2.24) is 0 Å². The smallest absolute Gasteiger partial charge is 0.342 e. The van der Waals surface area contributed by atoms with Crippen molar-refractivity contribution in [3.05, 3.63) is 0 Å². The van der Waals surface area contributed by atoms with Crippen LogP contribution in [0.15, 0.2) is 0 Å². The largest absolute Gasteiger partial charge is 0.393 e. The van der Waals surface area contributed by atoms with Gasteiger partial charge in [0.05, 0.1) is 6.10 Å². The Morgan fingerprint density at radius 3 is 2.35 bits per heavy atom. The zero-order valence-corrected chi connectivity index (χ0v) is 15.9. The van der Waals surface area contributed by atoms with E-state index in [0.717, 1.165) is 32.1 Å². The van der Waals surface area contributed by atoms with Gasteiger partial charge in [0.25, 0.3) is 0 Å². The van der Waals surface area contributed by atoms with E-state index >= 15 is 0 Å².